The Hall–Kier alpha value is -2.20. The lowest BCUT2D eigenvalue weighted by Gasteiger charge is -2.15. The molecule has 0 aliphatic rings. The highest BCUT2D eigenvalue weighted by molar-refractivity contribution is 6.11. The van der Waals surface area contributed by atoms with Crippen molar-refractivity contribution in [3.8, 4) is 5.75 Å². The van der Waals surface area contributed by atoms with E-state index in [1.165, 1.54) is 7.11 Å². The number of carbonyl (C=O) groups is 1. The largest absolute Gasteiger partial charge is 0.496 e. The minimum Gasteiger partial charge on any atom is -0.496 e. The number of methoxy groups -OCH3 is 1. The van der Waals surface area contributed by atoms with Gasteiger partial charge in [0.15, 0.2) is 5.78 Å². The van der Waals surface area contributed by atoms with Crippen LogP contribution in [0.4, 0.5) is 4.39 Å². The summed E-state index contributed by atoms with van der Waals surface area (Å²) in [7, 11) is 1.41. The van der Waals surface area contributed by atoms with E-state index in [0.29, 0.717) is 17.5 Å². The lowest BCUT2D eigenvalue weighted by atomic mass is 9.96. The van der Waals surface area contributed by atoms with Crippen molar-refractivity contribution in [1.29, 1.82) is 0 Å². The molecule has 21 heavy (non-hydrogen) atoms. The van der Waals surface area contributed by atoms with Crippen molar-refractivity contribution >= 4 is 5.78 Å². The number of rotatable bonds is 5. The van der Waals surface area contributed by atoms with Gasteiger partial charge >= 0.3 is 0 Å². The maximum absolute atomic E-state index is 14.7. The van der Waals surface area contributed by atoms with E-state index in [0.717, 1.165) is 0 Å². The average Bonchev–Trinajstić information content (AvgIpc) is 2.54. The molecule has 2 rings (SSSR count). The van der Waals surface area contributed by atoms with Crippen molar-refractivity contribution < 1.29 is 13.9 Å². The van der Waals surface area contributed by atoms with Gasteiger partial charge < -0.3 is 10.5 Å². The first kappa shape index (κ1) is 15.2. The molecule has 110 valence electrons. The molecule has 0 bridgehead atoms. The molecule has 1 atom stereocenters. The van der Waals surface area contributed by atoms with Crippen LogP contribution in [0.1, 0.15) is 40.9 Å². The highest BCUT2D eigenvalue weighted by Gasteiger charge is 2.23. The van der Waals surface area contributed by atoms with Gasteiger partial charge in [0.05, 0.1) is 7.11 Å². The van der Waals surface area contributed by atoms with Crippen LogP contribution in [0, 0.1) is 5.82 Å². The molecule has 2 aromatic rings. The van der Waals surface area contributed by atoms with E-state index in [1.54, 1.807) is 42.5 Å². The van der Waals surface area contributed by atoms with Gasteiger partial charge in [-0.25, -0.2) is 4.39 Å². The third kappa shape index (κ3) is 2.95. The minimum absolute atomic E-state index is 0.0647. The molecule has 0 saturated heterocycles. The maximum atomic E-state index is 14.7. The number of halogens is 1. The maximum Gasteiger partial charge on any atom is 0.199 e. The van der Waals surface area contributed by atoms with Gasteiger partial charge in [0.2, 0.25) is 0 Å². The van der Waals surface area contributed by atoms with Gasteiger partial charge in [-0.1, -0.05) is 43.3 Å². The van der Waals surface area contributed by atoms with Crippen molar-refractivity contribution in [1.82, 2.24) is 0 Å². The molecule has 0 aliphatic carbocycles. The zero-order chi connectivity index (χ0) is 15.4. The summed E-state index contributed by atoms with van der Waals surface area (Å²) < 4.78 is 19.8. The predicted octanol–water partition coefficient (Wildman–Crippen LogP) is 3.48. The Morgan fingerprint density at radius 1 is 1.24 bits per heavy atom. The molecule has 2 aromatic carbocycles. The summed E-state index contributed by atoms with van der Waals surface area (Å²) in [6.45, 7) is 1.87. The summed E-state index contributed by atoms with van der Waals surface area (Å²) in [5, 5.41) is 0. The van der Waals surface area contributed by atoms with E-state index >= 15 is 0 Å². The second kappa shape index (κ2) is 6.50. The molecule has 0 aromatic heterocycles. The Morgan fingerprint density at radius 2 is 1.90 bits per heavy atom. The second-order valence-corrected chi connectivity index (χ2v) is 4.76. The van der Waals surface area contributed by atoms with Crippen LogP contribution in [0.5, 0.6) is 5.75 Å². The van der Waals surface area contributed by atoms with Gasteiger partial charge in [-0.2, -0.15) is 0 Å². The van der Waals surface area contributed by atoms with E-state index in [9.17, 15) is 9.18 Å². The molecule has 0 unspecified atom stereocenters. The summed E-state index contributed by atoms with van der Waals surface area (Å²) in [5.41, 5.74) is 6.58. The van der Waals surface area contributed by atoms with Crippen LogP contribution >= 0.6 is 0 Å². The molecular formula is C17H18FNO2. The number of ether oxygens (including phenoxy) is 1. The molecule has 0 radical (unpaired) electrons. The highest BCUT2D eigenvalue weighted by atomic mass is 19.1. The van der Waals surface area contributed by atoms with Gasteiger partial charge in [-0.3, -0.25) is 4.79 Å². The Labute approximate surface area is 123 Å². The van der Waals surface area contributed by atoms with Gasteiger partial charge in [-0.05, 0) is 12.5 Å². The fourth-order valence-electron chi connectivity index (χ4n) is 2.20. The number of ketones is 1. The lowest BCUT2D eigenvalue weighted by molar-refractivity contribution is 0.103. The van der Waals surface area contributed by atoms with Crippen LogP contribution in [0.2, 0.25) is 0 Å². The van der Waals surface area contributed by atoms with Crippen molar-refractivity contribution in [3.63, 3.8) is 0 Å². The molecule has 4 heteroatoms. The molecule has 0 heterocycles. The zero-order valence-electron chi connectivity index (χ0n) is 12.1. The molecule has 0 aliphatic heterocycles. The summed E-state index contributed by atoms with van der Waals surface area (Å²) in [5.74, 6) is -0.791. The van der Waals surface area contributed by atoms with E-state index in [1.807, 2.05) is 6.92 Å². The van der Waals surface area contributed by atoms with Crippen LogP contribution in [0.15, 0.2) is 42.5 Å². The second-order valence-electron chi connectivity index (χ2n) is 4.76. The Bertz CT molecular complexity index is 641. The van der Waals surface area contributed by atoms with Crippen molar-refractivity contribution in [3.05, 3.63) is 65.0 Å². The van der Waals surface area contributed by atoms with Crippen LogP contribution in [0.25, 0.3) is 0 Å². The predicted molar refractivity (Wildman–Crippen MR) is 80.0 cm³/mol. The van der Waals surface area contributed by atoms with Crippen LogP contribution in [0.3, 0.4) is 0 Å². The quantitative estimate of drug-likeness (QED) is 0.857. The molecule has 0 amide bonds. The van der Waals surface area contributed by atoms with Crippen molar-refractivity contribution in [2.24, 2.45) is 5.73 Å². The Kier molecular flexibility index (Phi) is 4.70. The van der Waals surface area contributed by atoms with Crippen LogP contribution < -0.4 is 10.5 Å². The average molecular weight is 287 g/mol. The topological polar surface area (TPSA) is 52.3 Å². The van der Waals surface area contributed by atoms with Gasteiger partial charge in [0.25, 0.3) is 0 Å². The van der Waals surface area contributed by atoms with Gasteiger partial charge in [0.1, 0.15) is 17.1 Å². The fourth-order valence-corrected chi connectivity index (χ4v) is 2.20. The number of nitrogens with two attached hydrogens (primary N) is 1. The standard InChI is InChI=1S/C17H18FNO2/c1-3-13(19)12-9-10-14(21-2)15(16(12)18)17(20)11-7-5-4-6-8-11/h4-10,13H,3,19H2,1-2H3/t13-/m1/s1. The summed E-state index contributed by atoms with van der Waals surface area (Å²) in [4.78, 5) is 12.5. The third-order valence-electron chi connectivity index (χ3n) is 3.46. The number of hydrogen-bond donors (Lipinski definition) is 1. The summed E-state index contributed by atoms with van der Waals surface area (Å²) >= 11 is 0. The molecule has 0 spiro atoms. The Morgan fingerprint density at radius 3 is 2.48 bits per heavy atom. The first-order valence-electron chi connectivity index (χ1n) is 6.81. The van der Waals surface area contributed by atoms with E-state index < -0.39 is 17.6 Å². The molecular weight excluding hydrogens is 269 g/mol. The van der Waals surface area contributed by atoms with E-state index in [-0.39, 0.29) is 11.3 Å². The first-order valence-corrected chi connectivity index (χ1v) is 6.81. The molecule has 2 N–H and O–H groups in total. The van der Waals surface area contributed by atoms with Crippen LogP contribution in [-0.4, -0.2) is 12.9 Å². The lowest BCUT2D eigenvalue weighted by Crippen LogP contribution is -2.15. The number of hydrogen-bond acceptors (Lipinski definition) is 3. The third-order valence-corrected chi connectivity index (χ3v) is 3.46. The van der Waals surface area contributed by atoms with Crippen molar-refractivity contribution in [2.75, 3.05) is 7.11 Å². The van der Waals surface area contributed by atoms with Gasteiger partial charge in [0, 0.05) is 17.2 Å². The SMILES string of the molecule is CC[C@@H](N)c1ccc(OC)c(C(=O)c2ccccc2)c1F. The monoisotopic (exact) mass is 287 g/mol. The highest BCUT2D eigenvalue weighted by Crippen LogP contribution is 2.30. The summed E-state index contributed by atoms with van der Waals surface area (Å²) in [6, 6.07) is 11.3. The van der Waals surface area contributed by atoms with E-state index in [2.05, 4.69) is 0 Å². The molecule has 0 saturated carbocycles. The normalized spacial score (nSPS) is 12.0. The van der Waals surface area contributed by atoms with E-state index in [4.69, 9.17) is 10.5 Å². The molecule has 3 nitrogen and oxygen atoms in total. The first-order chi connectivity index (χ1) is 10.1. The number of carbonyl (C=O) groups excluding carboxylic acids is 1. The summed E-state index contributed by atoms with van der Waals surface area (Å²) in [6.07, 6.45) is 0.586. The fraction of sp³-hybridized carbons (Fsp3) is 0.235. The smallest absolute Gasteiger partial charge is 0.199 e. The number of benzene rings is 2. The van der Waals surface area contributed by atoms with Gasteiger partial charge in [-0.15, -0.1) is 0 Å². The molecule has 0 fully saturated rings. The Balaban J connectivity index is 2.58. The zero-order valence-corrected chi connectivity index (χ0v) is 12.1. The van der Waals surface area contributed by atoms with Crippen molar-refractivity contribution in [2.45, 2.75) is 19.4 Å². The van der Waals surface area contributed by atoms with Crippen LogP contribution in [-0.2, 0) is 0 Å². The minimum atomic E-state index is -0.599.